The van der Waals surface area contributed by atoms with Gasteiger partial charge in [0.2, 0.25) is 11.8 Å². The highest BCUT2D eigenvalue weighted by Crippen LogP contribution is 2.32. The molecule has 0 atom stereocenters. The molecule has 4 rings (SSSR count). The van der Waals surface area contributed by atoms with Crippen LogP contribution in [0.5, 0.6) is 5.75 Å². The van der Waals surface area contributed by atoms with Crippen LogP contribution in [0, 0.1) is 0 Å². The van der Waals surface area contributed by atoms with Gasteiger partial charge in [0.15, 0.2) is 0 Å². The summed E-state index contributed by atoms with van der Waals surface area (Å²) in [6.07, 6.45) is 1.13. The van der Waals surface area contributed by atoms with Crippen LogP contribution in [-0.2, 0) is 16.0 Å². The molecule has 0 aliphatic carbocycles. The van der Waals surface area contributed by atoms with E-state index >= 15 is 0 Å². The SMILES string of the molecule is CNC(=O)CN1CCN(C(=O)CCc2c(-c3ccc(OC)cc3)[nH]c3ccccc23)CC1. The first-order valence-electron chi connectivity index (χ1n) is 11.0. The van der Waals surface area contributed by atoms with E-state index in [-0.39, 0.29) is 11.8 Å². The van der Waals surface area contributed by atoms with Gasteiger partial charge in [-0.05, 0) is 47.9 Å². The third kappa shape index (κ3) is 4.78. The molecule has 1 aliphatic heterocycles. The Balaban J connectivity index is 1.46. The van der Waals surface area contributed by atoms with E-state index < -0.39 is 0 Å². The second-order valence-corrected chi connectivity index (χ2v) is 8.08. The summed E-state index contributed by atoms with van der Waals surface area (Å²) < 4.78 is 5.29. The van der Waals surface area contributed by atoms with Gasteiger partial charge in [-0.1, -0.05) is 18.2 Å². The van der Waals surface area contributed by atoms with E-state index in [1.165, 1.54) is 0 Å². The van der Waals surface area contributed by atoms with E-state index in [1.807, 2.05) is 41.3 Å². The maximum atomic E-state index is 12.9. The van der Waals surface area contributed by atoms with Gasteiger partial charge in [-0.15, -0.1) is 0 Å². The van der Waals surface area contributed by atoms with Crippen molar-refractivity contribution < 1.29 is 14.3 Å². The van der Waals surface area contributed by atoms with Gasteiger partial charge in [0, 0.05) is 56.2 Å². The quantitative estimate of drug-likeness (QED) is 0.599. The molecular weight excluding hydrogens is 404 g/mol. The lowest BCUT2D eigenvalue weighted by atomic mass is 10.0. The Hall–Kier alpha value is -3.32. The highest BCUT2D eigenvalue weighted by Gasteiger charge is 2.23. The first kappa shape index (κ1) is 21.9. The number of benzene rings is 2. The molecule has 3 aromatic rings. The summed E-state index contributed by atoms with van der Waals surface area (Å²) in [5.74, 6) is 0.989. The largest absolute Gasteiger partial charge is 0.497 e. The van der Waals surface area contributed by atoms with Crippen LogP contribution in [0.2, 0.25) is 0 Å². The van der Waals surface area contributed by atoms with Crippen molar-refractivity contribution in [1.82, 2.24) is 20.1 Å². The molecule has 0 unspecified atom stereocenters. The highest BCUT2D eigenvalue weighted by molar-refractivity contribution is 5.91. The summed E-state index contributed by atoms with van der Waals surface area (Å²) in [6, 6.07) is 16.2. The molecule has 1 saturated heterocycles. The number of carbonyl (C=O) groups excluding carboxylic acids is 2. The van der Waals surface area contributed by atoms with Crippen molar-refractivity contribution in [1.29, 1.82) is 0 Å². The fourth-order valence-corrected chi connectivity index (χ4v) is 4.29. The van der Waals surface area contributed by atoms with Gasteiger partial charge in [-0.2, -0.15) is 0 Å². The van der Waals surface area contributed by atoms with E-state index in [9.17, 15) is 9.59 Å². The first-order valence-corrected chi connectivity index (χ1v) is 11.0. The number of hydrogen-bond acceptors (Lipinski definition) is 4. The maximum absolute atomic E-state index is 12.9. The predicted octanol–water partition coefficient (Wildman–Crippen LogP) is 2.67. The van der Waals surface area contributed by atoms with Gasteiger partial charge in [0.05, 0.1) is 13.7 Å². The maximum Gasteiger partial charge on any atom is 0.233 e. The van der Waals surface area contributed by atoms with Crippen LogP contribution in [0.25, 0.3) is 22.2 Å². The van der Waals surface area contributed by atoms with Crippen LogP contribution >= 0.6 is 0 Å². The lowest BCUT2D eigenvalue weighted by molar-refractivity contribution is -0.133. The van der Waals surface area contributed by atoms with E-state index in [4.69, 9.17) is 4.74 Å². The Morgan fingerprint density at radius 3 is 2.44 bits per heavy atom. The number of amides is 2. The molecular formula is C25H30N4O3. The van der Waals surface area contributed by atoms with Crippen molar-refractivity contribution >= 4 is 22.7 Å². The number of piperazine rings is 1. The Morgan fingerprint density at radius 1 is 1.03 bits per heavy atom. The number of nitrogens with one attached hydrogen (secondary N) is 2. The zero-order valence-electron chi connectivity index (χ0n) is 18.7. The fraction of sp³-hybridized carbons (Fsp3) is 0.360. The molecule has 1 fully saturated rings. The van der Waals surface area contributed by atoms with Crippen molar-refractivity contribution in [3.05, 3.63) is 54.1 Å². The normalized spacial score (nSPS) is 14.5. The van der Waals surface area contributed by atoms with Crippen LogP contribution < -0.4 is 10.1 Å². The number of aromatic amines is 1. The number of hydrogen-bond donors (Lipinski definition) is 2. The molecule has 1 aliphatic rings. The lowest BCUT2D eigenvalue weighted by Crippen LogP contribution is -2.50. The van der Waals surface area contributed by atoms with Crippen molar-refractivity contribution in [3.8, 4) is 17.0 Å². The second-order valence-electron chi connectivity index (χ2n) is 8.08. The number of likely N-dealkylation sites (N-methyl/N-ethyl adjacent to an activating group) is 1. The van der Waals surface area contributed by atoms with Crippen LogP contribution in [0.1, 0.15) is 12.0 Å². The second kappa shape index (κ2) is 9.87. The van der Waals surface area contributed by atoms with Gasteiger partial charge in [-0.3, -0.25) is 14.5 Å². The number of methoxy groups -OCH3 is 1. The average molecular weight is 435 g/mol. The lowest BCUT2D eigenvalue weighted by Gasteiger charge is -2.34. The Kier molecular flexibility index (Phi) is 6.75. The van der Waals surface area contributed by atoms with Crippen molar-refractivity contribution in [2.24, 2.45) is 0 Å². The number of nitrogens with zero attached hydrogens (tertiary/aromatic N) is 2. The van der Waals surface area contributed by atoms with Gasteiger partial charge in [0.25, 0.3) is 0 Å². The summed E-state index contributed by atoms with van der Waals surface area (Å²) in [6.45, 7) is 3.16. The average Bonchev–Trinajstić information content (AvgIpc) is 3.21. The Labute approximate surface area is 188 Å². The zero-order valence-corrected chi connectivity index (χ0v) is 18.7. The molecule has 7 heteroatoms. The van der Waals surface area contributed by atoms with Crippen molar-refractivity contribution in [2.45, 2.75) is 12.8 Å². The number of fused-ring (bicyclic) bond motifs is 1. The monoisotopic (exact) mass is 434 g/mol. The summed E-state index contributed by atoms with van der Waals surface area (Å²) in [4.78, 5) is 32.1. The molecule has 2 heterocycles. The topological polar surface area (TPSA) is 77.7 Å². The van der Waals surface area contributed by atoms with Gasteiger partial charge >= 0.3 is 0 Å². The van der Waals surface area contributed by atoms with E-state index in [0.717, 1.165) is 46.6 Å². The molecule has 32 heavy (non-hydrogen) atoms. The Morgan fingerprint density at radius 2 is 1.75 bits per heavy atom. The number of para-hydroxylation sites is 1. The molecule has 0 bridgehead atoms. The molecule has 2 N–H and O–H groups in total. The van der Waals surface area contributed by atoms with Crippen LogP contribution in [0.4, 0.5) is 0 Å². The summed E-state index contributed by atoms with van der Waals surface area (Å²) in [5.41, 5.74) is 4.37. The molecule has 7 nitrogen and oxygen atoms in total. The Bertz CT molecular complexity index is 1080. The molecule has 2 amide bonds. The number of carbonyl (C=O) groups is 2. The smallest absolute Gasteiger partial charge is 0.233 e. The van der Waals surface area contributed by atoms with Crippen LogP contribution in [0.3, 0.4) is 0 Å². The minimum atomic E-state index is 0.00942. The number of ether oxygens (including phenoxy) is 1. The first-order chi connectivity index (χ1) is 15.6. The number of aromatic nitrogens is 1. The number of aryl methyl sites for hydroxylation is 1. The minimum Gasteiger partial charge on any atom is -0.497 e. The van der Waals surface area contributed by atoms with Crippen molar-refractivity contribution in [2.75, 3.05) is 46.9 Å². The minimum absolute atomic E-state index is 0.00942. The molecule has 0 radical (unpaired) electrons. The molecule has 2 aromatic carbocycles. The van der Waals surface area contributed by atoms with Gasteiger partial charge in [0.1, 0.15) is 5.75 Å². The third-order valence-electron chi connectivity index (χ3n) is 6.15. The third-order valence-corrected chi connectivity index (χ3v) is 6.15. The highest BCUT2D eigenvalue weighted by atomic mass is 16.5. The molecule has 168 valence electrons. The van der Waals surface area contributed by atoms with E-state index in [0.29, 0.717) is 32.5 Å². The summed E-state index contributed by atoms with van der Waals surface area (Å²) in [7, 11) is 3.31. The van der Waals surface area contributed by atoms with Gasteiger partial charge < -0.3 is 19.9 Å². The number of rotatable bonds is 7. The van der Waals surface area contributed by atoms with Crippen LogP contribution in [0.15, 0.2) is 48.5 Å². The molecule has 0 spiro atoms. The van der Waals surface area contributed by atoms with Gasteiger partial charge in [-0.25, -0.2) is 0 Å². The van der Waals surface area contributed by atoms with E-state index in [1.54, 1.807) is 14.2 Å². The van der Waals surface area contributed by atoms with Crippen LogP contribution in [-0.4, -0.2) is 73.5 Å². The van der Waals surface area contributed by atoms with Crippen molar-refractivity contribution in [3.63, 3.8) is 0 Å². The summed E-state index contributed by atoms with van der Waals surface area (Å²) in [5, 5.41) is 3.80. The standard InChI is InChI=1S/C25H30N4O3/c1-26-23(30)17-28-13-15-29(16-14-28)24(31)12-11-21-20-5-3-4-6-22(20)27-25(21)18-7-9-19(32-2)10-8-18/h3-10,27H,11-17H2,1-2H3,(H,26,30). The fourth-order valence-electron chi connectivity index (χ4n) is 4.29. The van der Waals surface area contributed by atoms with E-state index in [2.05, 4.69) is 27.3 Å². The number of H-pyrrole nitrogens is 1. The molecule has 1 aromatic heterocycles. The predicted molar refractivity (Wildman–Crippen MR) is 126 cm³/mol. The summed E-state index contributed by atoms with van der Waals surface area (Å²) >= 11 is 0. The zero-order chi connectivity index (χ0) is 22.5. The molecule has 0 saturated carbocycles.